The van der Waals surface area contributed by atoms with Gasteiger partial charge in [0.15, 0.2) is 0 Å². The minimum absolute atomic E-state index is 0.145. The summed E-state index contributed by atoms with van der Waals surface area (Å²) in [6.07, 6.45) is 0. The van der Waals surface area contributed by atoms with E-state index in [4.69, 9.17) is 99.7 Å². The van der Waals surface area contributed by atoms with Crippen LogP contribution in [0.5, 0.6) is 0 Å². The van der Waals surface area contributed by atoms with Gasteiger partial charge in [0.1, 0.15) is 0 Å². The van der Waals surface area contributed by atoms with Crippen LogP contribution in [0.1, 0.15) is 0 Å². The molecule has 1 fully saturated rings. The third-order valence-electron chi connectivity index (χ3n) is 2.72. The predicted molar refractivity (Wildman–Crippen MR) is 94.2 cm³/mol. The molecule has 1 aliphatic rings. The highest BCUT2D eigenvalue weighted by Crippen LogP contribution is 2.61. The first-order valence-electron chi connectivity index (χ1n) is 4.48. The van der Waals surface area contributed by atoms with E-state index in [-0.39, 0.29) is 10.3 Å². The highest BCUT2D eigenvalue weighted by atomic mass is 35.8. The van der Waals surface area contributed by atoms with Crippen molar-refractivity contribution in [1.29, 1.82) is 0 Å². The molecule has 0 N–H and O–H groups in total. The van der Waals surface area contributed by atoms with Crippen LogP contribution < -0.4 is 0 Å². The standard InChI is InChI=1S/C4H7Cl9Si4/c5-14(6)3-1-16(9,10)4(17(11,12)13)2-15(3,7)8/h3-4,14H,1-2H2. The Hall–Kier alpha value is 3.48. The van der Waals surface area contributed by atoms with E-state index < -0.39 is 26.8 Å². The molecule has 1 aliphatic heterocycles. The summed E-state index contributed by atoms with van der Waals surface area (Å²) in [5.41, 5.74) is 0. The molecule has 0 aliphatic carbocycles. The van der Waals surface area contributed by atoms with E-state index in [1.807, 2.05) is 0 Å². The first-order valence-corrected chi connectivity index (χ1v) is 22.4. The van der Waals surface area contributed by atoms with Gasteiger partial charge >= 0.3 is 6.00 Å². The number of rotatable bonds is 2. The summed E-state index contributed by atoms with van der Waals surface area (Å²) in [4.78, 5) is 0. The molecule has 0 aromatic carbocycles. The van der Waals surface area contributed by atoms with Crippen molar-refractivity contribution in [2.24, 2.45) is 0 Å². The van der Waals surface area contributed by atoms with Crippen molar-refractivity contribution in [2.75, 3.05) is 0 Å². The lowest BCUT2D eigenvalue weighted by atomic mass is 10.9. The summed E-state index contributed by atoms with van der Waals surface area (Å²) in [6.45, 7) is -5.38. The fourth-order valence-electron chi connectivity index (χ4n) is 1.79. The summed E-state index contributed by atoms with van der Waals surface area (Å²) < 4.78 is 0. The minimum atomic E-state index is -3.04. The summed E-state index contributed by atoms with van der Waals surface area (Å²) in [6, 6.07) is -2.22. The van der Waals surface area contributed by atoms with Gasteiger partial charge in [-0.3, -0.25) is 0 Å². The van der Waals surface area contributed by atoms with Crippen LogP contribution >= 0.6 is 99.7 Å². The monoisotopic (exact) mass is 482 g/mol. The molecule has 13 heteroatoms. The quantitative estimate of drug-likeness (QED) is 0.331. The average Bonchev–Trinajstić information content (AvgIpc) is 2.06. The third kappa shape index (κ3) is 4.73. The molecule has 102 valence electrons. The van der Waals surface area contributed by atoms with Gasteiger partial charge in [-0.2, -0.15) is 22.2 Å². The Balaban J connectivity index is 3.03. The SMILES string of the molecule is Cl[SiH](Cl)C1C[Si](Cl)(Cl)C([Si](Cl)(Cl)Cl)C[Si]1(Cl)Cl. The molecule has 0 radical (unpaired) electrons. The van der Waals surface area contributed by atoms with E-state index in [2.05, 4.69) is 0 Å². The van der Waals surface area contributed by atoms with Crippen molar-refractivity contribution in [3.63, 3.8) is 0 Å². The molecule has 1 heterocycles. The lowest BCUT2D eigenvalue weighted by molar-refractivity contribution is 1.10. The molecule has 0 aromatic rings. The maximum absolute atomic E-state index is 6.38. The fourth-order valence-corrected chi connectivity index (χ4v) is 46.8. The lowest BCUT2D eigenvalue weighted by Crippen LogP contribution is -2.52. The smallest absolute Gasteiger partial charge is 0.150 e. The van der Waals surface area contributed by atoms with Crippen molar-refractivity contribution >= 4 is 127 Å². The average molecular weight is 487 g/mol. The summed E-state index contributed by atoms with van der Waals surface area (Å²) in [5.74, 6) is 0. The van der Waals surface area contributed by atoms with E-state index in [1.165, 1.54) is 0 Å². The van der Waals surface area contributed by atoms with Gasteiger partial charge in [0, 0.05) is 10.3 Å². The van der Waals surface area contributed by atoms with E-state index in [0.717, 1.165) is 0 Å². The van der Waals surface area contributed by atoms with Crippen LogP contribution in [0.15, 0.2) is 0 Å². The molecular weight excluding hydrogens is 479 g/mol. The molecule has 0 spiro atoms. The van der Waals surface area contributed by atoms with E-state index in [0.29, 0.717) is 12.1 Å². The Morgan fingerprint density at radius 1 is 0.882 bits per heavy atom. The van der Waals surface area contributed by atoms with Crippen LogP contribution in [0, 0.1) is 0 Å². The zero-order chi connectivity index (χ0) is 13.6. The van der Waals surface area contributed by atoms with Crippen molar-refractivity contribution < 1.29 is 0 Å². The molecule has 17 heavy (non-hydrogen) atoms. The minimum Gasteiger partial charge on any atom is -0.150 e. The van der Waals surface area contributed by atoms with Gasteiger partial charge in [0.25, 0.3) is 13.4 Å². The summed E-state index contributed by atoms with van der Waals surface area (Å²) >= 11 is 55.7. The Labute approximate surface area is 147 Å². The zero-order valence-corrected chi connectivity index (χ0v) is 19.0. The van der Waals surface area contributed by atoms with Crippen LogP contribution in [-0.2, 0) is 0 Å². The maximum atomic E-state index is 6.38. The molecule has 0 saturated carbocycles. The van der Waals surface area contributed by atoms with Crippen molar-refractivity contribution in [3.05, 3.63) is 0 Å². The number of halogens is 9. The van der Waals surface area contributed by atoms with E-state index in [1.54, 1.807) is 0 Å². The van der Waals surface area contributed by atoms with Crippen molar-refractivity contribution in [2.45, 2.75) is 22.4 Å². The molecule has 1 saturated heterocycles. The molecule has 2 unspecified atom stereocenters. The van der Waals surface area contributed by atoms with Gasteiger partial charge in [-0.05, 0) is 12.1 Å². The van der Waals surface area contributed by atoms with Crippen molar-refractivity contribution in [1.82, 2.24) is 0 Å². The van der Waals surface area contributed by atoms with Gasteiger partial charge in [-0.25, -0.2) is 0 Å². The van der Waals surface area contributed by atoms with Crippen LogP contribution in [0.25, 0.3) is 0 Å². The lowest BCUT2D eigenvalue weighted by Gasteiger charge is -2.44. The predicted octanol–water partition coefficient (Wildman–Crippen LogP) is 6.01. The first-order chi connectivity index (χ1) is 7.38. The third-order valence-corrected chi connectivity index (χ3v) is 30.8. The maximum Gasteiger partial charge on any atom is 0.343 e. The number of hydrogen-bond acceptors (Lipinski definition) is 0. The van der Waals surface area contributed by atoms with Crippen LogP contribution in [0.2, 0.25) is 22.4 Å². The molecule has 0 aromatic heterocycles. The van der Waals surface area contributed by atoms with Crippen LogP contribution in [-0.4, -0.2) is 26.8 Å². The van der Waals surface area contributed by atoms with E-state index >= 15 is 0 Å². The molecule has 0 amide bonds. The van der Waals surface area contributed by atoms with Crippen LogP contribution in [0.3, 0.4) is 0 Å². The Morgan fingerprint density at radius 3 is 1.71 bits per heavy atom. The molecule has 2 atom stereocenters. The topological polar surface area (TPSA) is 0 Å². The number of hydrogen-bond donors (Lipinski definition) is 0. The fraction of sp³-hybridized carbons (Fsp3) is 1.00. The second-order valence-corrected chi connectivity index (χ2v) is 33.6. The van der Waals surface area contributed by atoms with Gasteiger partial charge in [0.2, 0.25) is 7.42 Å². The van der Waals surface area contributed by atoms with Gasteiger partial charge < -0.3 is 0 Å². The van der Waals surface area contributed by atoms with Crippen molar-refractivity contribution in [3.8, 4) is 0 Å². The van der Waals surface area contributed by atoms with Gasteiger partial charge in [-0.1, -0.05) is 0 Å². The normalized spacial score (nSPS) is 32.8. The highest BCUT2D eigenvalue weighted by Gasteiger charge is 2.63. The second-order valence-electron chi connectivity index (χ2n) is 3.97. The van der Waals surface area contributed by atoms with E-state index in [9.17, 15) is 0 Å². The summed E-state index contributed by atoms with van der Waals surface area (Å²) in [5, 5.41) is -0.504. The molecule has 1 rings (SSSR count). The van der Waals surface area contributed by atoms with Gasteiger partial charge in [-0.15, -0.1) is 77.6 Å². The molecular formula is C4H7Cl9Si4. The molecule has 0 bridgehead atoms. The zero-order valence-electron chi connectivity index (χ0n) is 8.05. The molecule has 0 nitrogen and oxygen atoms in total. The largest absolute Gasteiger partial charge is 0.343 e. The highest BCUT2D eigenvalue weighted by molar-refractivity contribution is 7.71. The van der Waals surface area contributed by atoms with Crippen LogP contribution in [0.4, 0.5) is 0 Å². The Morgan fingerprint density at radius 2 is 1.35 bits per heavy atom. The first kappa shape index (κ1) is 18.5. The van der Waals surface area contributed by atoms with Gasteiger partial charge in [0.05, 0.1) is 0 Å². The summed E-state index contributed by atoms with van der Waals surface area (Å²) in [7, 11) is -2.05. The Kier molecular flexibility index (Phi) is 6.87. The second kappa shape index (κ2) is 6.30. The Bertz CT molecular complexity index is 287.